The second kappa shape index (κ2) is 7.02. The van der Waals surface area contributed by atoms with Crippen LogP contribution in [0.15, 0.2) is 12.1 Å². The molecule has 1 saturated carbocycles. The number of halogens is 3. The zero-order chi connectivity index (χ0) is 18.2. The topological polar surface area (TPSA) is 78.5 Å². The standard InChI is InChI=1S/C16H16Cl3N3O3/c17-9-6-11(19)12(7-10(9)18)20-13(23)8-22-14(24)16(21-15(22)25)4-2-1-3-5-16/h6-7H,1-5,8H2,(H,20,23)(H,21,25). The molecule has 134 valence electrons. The van der Waals surface area contributed by atoms with Crippen molar-refractivity contribution < 1.29 is 14.4 Å². The van der Waals surface area contributed by atoms with Crippen molar-refractivity contribution in [1.82, 2.24) is 10.2 Å². The van der Waals surface area contributed by atoms with E-state index >= 15 is 0 Å². The van der Waals surface area contributed by atoms with Crippen LogP contribution >= 0.6 is 34.8 Å². The monoisotopic (exact) mass is 403 g/mol. The van der Waals surface area contributed by atoms with E-state index in [0.29, 0.717) is 12.8 Å². The predicted molar refractivity (Wildman–Crippen MR) is 96.2 cm³/mol. The van der Waals surface area contributed by atoms with Gasteiger partial charge in [-0.3, -0.25) is 14.5 Å². The first-order chi connectivity index (χ1) is 11.8. The first kappa shape index (κ1) is 18.3. The summed E-state index contributed by atoms with van der Waals surface area (Å²) >= 11 is 17.8. The molecule has 0 radical (unpaired) electrons. The Labute approximate surface area is 159 Å². The van der Waals surface area contributed by atoms with Crippen LogP contribution in [0.25, 0.3) is 0 Å². The quantitative estimate of drug-likeness (QED) is 0.593. The molecule has 1 aliphatic carbocycles. The number of nitrogens with one attached hydrogen (secondary N) is 2. The molecule has 1 saturated heterocycles. The largest absolute Gasteiger partial charge is 0.325 e. The van der Waals surface area contributed by atoms with Gasteiger partial charge in [0.2, 0.25) is 5.91 Å². The van der Waals surface area contributed by atoms with Gasteiger partial charge in [0.15, 0.2) is 0 Å². The lowest BCUT2D eigenvalue weighted by atomic mass is 9.82. The first-order valence-electron chi connectivity index (χ1n) is 7.91. The van der Waals surface area contributed by atoms with Gasteiger partial charge in [0.1, 0.15) is 12.1 Å². The number of urea groups is 1. The van der Waals surface area contributed by atoms with Crippen LogP contribution in [0.2, 0.25) is 15.1 Å². The van der Waals surface area contributed by atoms with E-state index in [9.17, 15) is 14.4 Å². The minimum atomic E-state index is -0.850. The van der Waals surface area contributed by atoms with Gasteiger partial charge >= 0.3 is 6.03 Å². The maximum absolute atomic E-state index is 12.6. The Kier molecular flexibility index (Phi) is 5.14. The lowest BCUT2D eigenvalue weighted by Crippen LogP contribution is -2.48. The van der Waals surface area contributed by atoms with E-state index < -0.39 is 17.5 Å². The molecule has 1 spiro atoms. The fourth-order valence-corrected chi connectivity index (χ4v) is 3.86. The summed E-state index contributed by atoms with van der Waals surface area (Å²) in [4.78, 5) is 38.0. The molecule has 0 unspecified atom stereocenters. The van der Waals surface area contributed by atoms with E-state index in [0.717, 1.165) is 24.2 Å². The molecule has 1 heterocycles. The molecule has 0 aromatic heterocycles. The summed E-state index contributed by atoms with van der Waals surface area (Å²) in [5, 5.41) is 6.02. The third kappa shape index (κ3) is 3.57. The van der Waals surface area contributed by atoms with Crippen LogP contribution in [0.5, 0.6) is 0 Å². The van der Waals surface area contributed by atoms with Gasteiger partial charge in [-0.05, 0) is 25.0 Å². The van der Waals surface area contributed by atoms with E-state index in [-0.39, 0.29) is 33.2 Å². The van der Waals surface area contributed by atoms with E-state index in [2.05, 4.69) is 10.6 Å². The van der Waals surface area contributed by atoms with Gasteiger partial charge in [-0.2, -0.15) is 0 Å². The number of nitrogens with zero attached hydrogens (tertiary/aromatic N) is 1. The van der Waals surface area contributed by atoms with Crippen LogP contribution < -0.4 is 10.6 Å². The van der Waals surface area contributed by atoms with Gasteiger partial charge in [-0.15, -0.1) is 0 Å². The predicted octanol–water partition coefficient (Wildman–Crippen LogP) is 3.84. The smallest absolute Gasteiger partial charge is 0.323 e. The number of amides is 4. The fourth-order valence-electron chi connectivity index (χ4n) is 3.27. The van der Waals surface area contributed by atoms with E-state index in [1.54, 1.807) is 0 Å². The summed E-state index contributed by atoms with van der Waals surface area (Å²) in [6.45, 7) is -0.386. The van der Waals surface area contributed by atoms with Crippen LogP contribution in [0.4, 0.5) is 10.5 Å². The number of hydrogen-bond donors (Lipinski definition) is 2. The van der Waals surface area contributed by atoms with Crippen LogP contribution in [0.1, 0.15) is 32.1 Å². The van der Waals surface area contributed by atoms with Crippen molar-refractivity contribution in [2.45, 2.75) is 37.6 Å². The summed E-state index contributed by atoms with van der Waals surface area (Å²) in [6.07, 6.45) is 4.01. The van der Waals surface area contributed by atoms with Crippen molar-refractivity contribution in [3.63, 3.8) is 0 Å². The van der Waals surface area contributed by atoms with Crippen LogP contribution in [-0.2, 0) is 9.59 Å². The van der Waals surface area contributed by atoms with Gasteiger partial charge < -0.3 is 10.6 Å². The third-order valence-corrected chi connectivity index (χ3v) is 5.57. The number of carbonyl (C=O) groups excluding carboxylic acids is 3. The minimum Gasteiger partial charge on any atom is -0.323 e. The highest BCUT2D eigenvalue weighted by Gasteiger charge is 2.51. The lowest BCUT2D eigenvalue weighted by Gasteiger charge is -2.30. The highest BCUT2D eigenvalue weighted by atomic mass is 35.5. The zero-order valence-corrected chi connectivity index (χ0v) is 15.5. The van der Waals surface area contributed by atoms with Gasteiger partial charge in [0.25, 0.3) is 5.91 Å². The van der Waals surface area contributed by atoms with Gasteiger partial charge in [-0.25, -0.2) is 4.79 Å². The van der Waals surface area contributed by atoms with E-state index in [1.165, 1.54) is 12.1 Å². The molecule has 25 heavy (non-hydrogen) atoms. The average molecular weight is 405 g/mol. The van der Waals surface area contributed by atoms with Crippen molar-refractivity contribution in [3.8, 4) is 0 Å². The first-order valence-corrected chi connectivity index (χ1v) is 9.04. The molecule has 2 aliphatic rings. The molecule has 9 heteroatoms. The minimum absolute atomic E-state index is 0.212. The number of rotatable bonds is 3. The zero-order valence-electron chi connectivity index (χ0n) is 13.2. The Bertz CT molecular complexity index is 748. The fraction of sp³-hybridized carbons (Fsp3) is 0.438. The van der Waals surface area contributed by atoms with Gasteiger partial charge in [0.05, 0.1) is 20.8 Å². The van der Waals surface area contributed by atoms with E-state index in [1.807, 2.05) is 0 Å². The van der Waals surface area contributed by atoms with Crippen molar-refractivity contribution >= 4 is 58.3 Å². The van der Waals surface area contributed by atoms with Crippen LogP contribution in [-0.4, -0.2) is 34.8 Å². The highest BCUT2D eigenvalue weighted by Crippen LogP contribution is 2.34. The molecule has 4 amide bonds. The molecule has 1 aliphatic heterocycles. The SMILES string of the molecule is O=C(CN1C(=O)NC2(CCCCC2)C1=O)Nc1cc(Cl)c(Cl)cc1Cl. The van der Waals surface area contributed by atoms with Crippen molar-refractivity contribution in [2.24, 2.45) is 0 Å². The lowest BCUT2D eigenvalue weighted by molar-refractivity contribution is -0.134. The summed E-state index contributed by atoms with van der Waals surface area (Å²) < 4.78 is 0. The maximum Gasteiger partial charge on any atom is 0.325 e. The Morgan fingerprint density at radius 1 is 1.08 bits per heavy atom. The molecule has 1 aromatic rings. The number of benzene rings is 1. The second-order valence-electron chi connectivity index (χ2n) is 6.26. The Balaban J connectivity index is 1.70. The maximum atomic E-state index is 12.6. The summed E-state index contributed by atoms with van der Waals surface area (Å²) in [5.41, 5.74) is -0.586. The van der Waals surface area contributed by atoms with Gasteiger partial charge in [0, 0.05) is 0 Å². The molecular formula is C16H16Cl3N3O3. The summed E-state index contributed by atoms with van der Waals surface area (Å²) in [7, 11) is 0. The number of anilines is 1. The molecule has 3 rings (SSSR count). The molecule has 0 atom stereocenters. The van der Waals surface area contributed by atoms with Crippen molar-refractivity contribution in [3.05, 3.63) is 27.2 Å². The molecule has 0 bridgehead atoms. The third-order valence-electron chi connectivity index (χ3n) is 4.54. The van der Waals surface area contributed by atoms with Crippen molar-refractivity contribution in [2.75, 3.05) is 11.9 Å². The Morgan fingerprint density at radius 2 is 1.72 bits per heavy atom. The molecular weight excluding hydrogens is 389 g/mol. The summed E-state index contributed by atoms with van der Waals surface area (Å²) in [6, 6.07) is 2.28. The Morgan fingerprint density at radius 3 is 2.40 bits per heavy atom. The van der Waals surface area contributed by atoms with Crippen molar-refractivity contribution in [1.29, 1.82) is 0 Å². The number of carbonyl (C=O) groups is 3. The second-order valence-corrected chi connectivity index (χ2v) is 7.48. The van der Waals surface area contributed by atoms with Crippen LogP contribution in [0, 0.1) is 0 Å². The normalized spacial score (nSPS) is 19.2. The van der Waals surface area contributed by atoms with E-state index in [4.69, 9.17) is 34.8 Å². The van der Waals surface area contributed by atoms with Crippen LogP contribution in [0.3, 0.4) is 0 Å². The average Bonchev–Trinajstić information content (AvgIpc) is 2.77. The number of hydrogen-bond acceptors (Lipinski definition) is 3. The molecule has 6 nitrogen and oxygen atoms in total. The molecule has 2 N–H and O–H groups in total. The molecule has 2 fully saturated rings. The molecule has 1 aromatic carbocycles. The summed E-state index contributed by atoms with van der Waals surface area (Å²) in [5.74, 6) is -0.885. The highest BCUT2D eigenvalue weighted by molar-refractivity contribution is 6.44. The Hall–Kier alpha value is -1.50. The number of imide groups is 1. The van der Waals surface area contributed by atoms with Gasteiger partial charge in [-0.1, -0.05) is 54.1 Å².